The van der Waals surface area contributed by atoms with E-state index in [1.54, 1.807) is 14.0 Å². The van der Waals surface area contributed by atoms with E-state index >= 15 is 0 Å². The van der Waals surface area contributed by atoms with E-state index in [-0.39, 0.29) is 6.03 Å². The summed E-state index contributed by atoms with van der Waals surface area (Å²) in [5, 5.41) is 18.1. The Labute approximate surface area is 105 Å². The van der Waals surface area contributed by atoms with Crippen molar-refractivity contribution in [1.29, 1.82) is 0 Å². The molecule has 2 unspecified atom stereocenters. The first-order valence-corrected chi connectivity index (χ1v) is 6.59. The summed E-state index contributed by atoms with van der Waals surface area (Å²) in [6.07, 6.45) is 0.0227. The van der Waals surface area contributed by atoms with Crippen molar-refractivity contribution in [2.75, 3.05) is 25.2 Å². The Morgan fingerprint density at radius 1 is 1.59 bits per heavy atom. The van der Waals surface area contributed by atoms with Gasteiger partial charge in [-0.25, -0.2) is 9.59 Å². The van der Waals surface area contributed by atoms with E-state index in [1.807, 2.05) is 0 Å². The highest BCUT2D eigenvalue weighted by Gasteiger charge is 2.35. The number of hydrogen-bond acceptors (Lipinski definition) is 4. The van der Waals surface area contributed by atoms with Gasteiger partial charge < -0.3 is 20.0 Å². The van der Waals surface area contributed by atoms with Crippen LogP contribution in [0.3, 0.4) is 0 Å². The Kier molecular flexibility index (Phi) is 5.07. The van der Waals surface area contributed by atoms with Crippen molar-refractivity contribution in [3.63, 3.8) is 0 Å². The van der Waals surface area contributed by atoms with Crippen LogP contribution in [-0.2, 0) is 4.79 Å². The Balaban J connectivity index is 2.53. The number of thioether (sulfide) groups is 1. The normalized spacial score (nSPS) is 21.4. The number of carbonyl (C=O) groups is 2. The van der Waals surface area contributed by atoms with E-state index in [2.05, 4.69) is 0 Å². The van der Waals surface area contributed by atoms with E-state index in [0.717, 1.165) is 0 Å². The molecule has 1 aliphatic heterocycles. The van der Waals surface area contributed by atoms with Crippen molar-refractivity contribution >= 4 is 23.8 Å². The van der Waals surface area contributed by atoms with Crippen molar-refractivity contribution in [3.8, 4) is 0 Å². The Hall–Kier alpha value is -0.950. The van der Waals surface area contributed by atoms with Gasteiger partial charge >= 0.3 is 12.0 Å². The van der Waals surface area contributed by atoms with Crippen molar-refractivity contribution in [2.45, 2.75) is 25.5 Å². The SMILES string of the molecule is CC(O)CCN(C)C(=O)N1CSCC1C(=O)O. The van der Waals surface area contributed by atoms with E-state index < -0.39 is 18.1 Å². The molecule has 0 spiro atoms. The van der Waals surface area contributed by atoms with Gasteiger partial charge in [-0.05, 0) is 13.3 Å². The zero-order valence-electron chi connectivity index (χ0n) is 10.00. The van der Waals surface area contributed by atoms with Gasteiger partial charge in [0, 0.05) is 19.3 Å². The lowest BCUT2D eigenvalue weighted by molar-refractivity contribution is -0.140. The lowest BCUT2D eigenvalue weighted by Gasteiger charge is -2.27. The van der Waals surface area contributed by atoms with Crippen LogP contribution in [0.4, 0.5) is 4.79 Å². The number of hydrogen-bond donors (Lipinski definition) is 2. The fourth-order valence-corrected chi connectivity index (χ4v) is 2.67. The lowest BCUT2D eigenvalue weighted by atomic mass is 10.3. The van der Waals surface area contributed by atoms with Crippen LogP contribution in [0.25, 0.3) is 0 Å². The van der Waals surface area contributed by atoms with Gasteiger partial charge in [0.25, 0.3) is 0 Å². The van der Waals surface area contributed by atoms with Crippen LogP contribution in [0.1, 0.15) is 13.3 Å². The molecule has 0 radical (unpaired) electrons. The molecule has 1 saturated heterocycles. The molecule has 98 valence electrons. The van der Waals surface area contributed by atoms with Crippen LogP contribution in [-0.4, -0.2) is 69.4 Å². The van der Waals surface area contributed by atoms with Crippen LogP contribution >= 0.6 is 11.8 Å². The van der Waals surface area contributed by atoms with E-state index in [4.69, 9.17) is 10.2 Å². The molecular formula is C10H18N2O4S. The second kappa shape index (κ2) is 6.11. The summed E-state index contributed by atoms with van der Waals surface area (Å²) in [5.41, 5.74) is 0. The average Bonchev–Trinajstić information content (AvgIpc) is 2.73. The van der Waals surface area contributed by atoms with Gasteiger partial charge in [0.05, 0.1) is 12.0 Å². The Morgan fingerprint density at radius 2 is 2.24 bits per heavy atom. The maximum Gasteiger partial charge on any atom is 0.327 e. The van der Waals surface area contributed by atoms with Crippen molar-refractivity contribution in [3.05, 3.63) is 0 Å². The molecular weight excluding hydrogens is 244 g/mol. The fraction of sp³-hybridized carbons (Fsp3) is 0.800. The summed E-state index contributed by atoms with van der Waals surface area (Å²) in [7, 11) is 1.62. The number of aliphatic hydroxyl groups is 1. The first-order valence-electron chi connectivity index (χ1n) is 5.44. The van der Waals surface area contributed by atoms with E-state index in [0.29, 0.717) is 24.6 Å². The number of aliphatic hydroxyl groups excluding tert-OH is 1. The van der Waals surface area contributed by atoms with Crippen molar-refractivity contribution in [1.82, 2.24) is 9.80 Å². The molecule has 1 fully saturated rings. The second-order valence-electron chi connectivity index (χ2n) is 4.17. The number of nitrogens with zero attached hydrogens (tertiary/aromatic N) is 2. The average molecular weight is 262 g/mol. The third-order valence-electron chi connectivity index (χ3n) is 2.62. The van der Waals surface area contributed by atoms with Crippen LogP contribution in [0, 0.1) is 0 Å². The molecule has 17 heavy (non-hydrogen) atoms. The van der Waals surface area contributed by atoms with Gasteiger partial charge in [-0.15, -0.1) is 11.8 Å². The van der Waals surface area contributed by atoms with Crippen LogP contribution in [0.15, 0.2) is 0 Å². The smallest absolute Gasteiger partial charge is 0.327 e. The summed E-state index contributed by atoms with van der Waals surface area (Å²) in [5.74, 6) is -0.118. The molecule has 1 aliphatic rings. The highest BCUT2D eigenvalue weighted by atomic mass is 32.2. The highest BCUT2D eigenvalue weighted by molar-refractivity contribution is 7.99. The fourth-order valence-electron chi connectivity index (χ4n) is 1.53. The van der Waals surface area contributed by atoms with Crippen LogP contribution < -0.4 is 0 Å². The number of carboxylic acid groups (broad SMARTS) is 1. The summed E-state index contributed by atoms with van der Waals surface area (Å²) < 4.78 is 0. The molecule has 1 heterocycles. The number of carboxylic acids is 1. The van der Waals surface area contributed by atoms with Crippen molar-refractivity contribution < 1.29 is 19.8 Å². The number of carbonyl (C=O) groups excluding carboxylic acids is 1. The summed E-state index contributed by atoms with van der Waals surface area (Å²) >= 11 is 1.44. The largest absolute Gasteiger partial charge is 0.480 e. The molecule has 0 aromatic heterocycles. The summed E-state index contributed by atoms with van der Waals surface area (Å²) in [6, 6.07) is -1.02. The predicted molar refractivity (Wildman–Crippen MR) is 64.9 cm³/mol. The van der Waals surface area contributed by atoms with E-state index in [1.165, 1.54) is 21.6 Å². The molecule has 2 N–H and O–H groups in total. The monoisotopic (exact) mass is 262 g/mol. The molecule has 0 aromatic carbocycles. The van der Waals surface area contributed by atoms with Gasteiger partial charge in [-0.2, -0.15) is 0 Å². The highest BCUT2D eigenvalue weighted by Crippen LogP contribution is 2.22. The van der Waals surface area contributed by atoms with Crippen molar-refractivity contribution in [2.24, 2.45) is 0 Å². The third kappa shape index (κ3) is 3.78. The van der Waals surface area contributed by atoms with Gasteiger partial charge in [0.1, 0.15) is 6.04 Å². The molecule has 7 heteroatoms. The topological polar surface area (TPSA) is 81.1 Å². The molecule has 0 aliphatic carbocycles. The molecule has 2 amide bonds. The first-order chi connectivity index (χ1) is 7.93. The Bertz CT molecular complexity index is 298. The Morgan fingerprint density at radius 3 is 2.76 bits per heavy atom. The molecule has 0 saturated carbocycles. The predicted octanol–water partition coefficient (Wildman–Crippen LogP) is 0.269. The quantitative estimate of drug-likeness (QED) is 0.760. The summed E-state index contributed by atoms with van der Waals surface area (Å²) in [4.78, 5) is 25.7. The van der Waals surface area contributed by atoms with Gasteiger partial charge in [0.2, 0.25) is 0 Å². The molecule has 0 bridgehead atoms. The van der Waals surface area contributed by atoms with Crippen LogP contribution in [0.2, 0.25) is 0 Å². The molecule has 2 atom stereocenters. The second-order valence-corrected chi connectivity index (χ2v) is 5.17. The molecule has 0 aromatic rings. The molecule has 6 nitrogen and oxygen atoms in total. The maximum absolute atomic E-state index is 12.0. The number of urea groups is 1. The first kappa shape index (κ1) is 14.1. The maximum atomic E-state index is 12.0. The number of aliphatic carboxylic acids is 1. The van der Waals surface area contributed by atoms with Gasteiger partial charge in [-0.3, -0.25) is 0 Å². The van der Waals surface area contributed by atoms with Crippen LogP contribution in [0.5, 0.6) is 0 Å². The lowest BCUT2D eigenvalue weighted by Crippen LogP contribution is -2.47. The van der Waals surface area contributed by atoms with Gasteiger partial charge in [-0.1, -0.05) is 0 Å². The van der Waals surface area contributed by atoms with E-state index in [9.17, 15) is 9.59 Å². The summed E-state index contributed by atoms with van der Waals surface area (Å²) in [6.45, 7) is 2.08. The number of rotatable bonds is 4. The minimum absolute atomic E-state index is 0.289. The standard InChI is InChI=1S/C10H18N2O4S/c1-7(13)3-4-11(2)10(16)12-6-17-5-8(12)9(14)15/h7-8,13H,3-6H2,1-2H3,(H,14,15). The number of amides is 2. The van der Waals surface area contributed by atoms with Gasteiger partial charge in [0.15, 0.2) is 0 Å². The minimum Gasteiger partial charge on any atom is -0.480 e. The zero-order chi connectivity index (χ0) is 13.0. The minimum atomic E-state index is -0.965. The third-order valence-corrected chi connectivity index (χ3v) is 3.63. The zero-order valence-corrected chi connectivity index (χ0v) is 10.8. The molecule has 1 rings (SSSR count).